The third-order valence-corrected chi connectivity index (χ3v) is 3.12. The molecule has 1 saturated carbocycles. The van der Waals surface area contributed by atoms with Gasteiger partial charge < -0.3 is 4.90 Å². The van der Waals surface area contributed by atoms with E-state index in [0.29, 0.717) is 0 Å². The van der Waals surface area contributed by atoms with Gasteiger partial charge in [0.05, 0.1) is 0 Å². The van der Waals surface area contributed by atoms with Gasteiger partial charge in [0.15, 0.2) is 0 Å². The van der Waals surface area contributed by atoms with Crippen molar-refractivity contribution in [2.75, 3.05) is 20.6 Å². The monoisotopic (exact) mass is 169 g/mol. The molecule has 0 N–H and O–H groups in total. The van der Waals surface area contributed by atoms with Gasteiger partial charge >= 0.3 is 0 Å². The molecule has 0 saturated heterocycles. The summed E-state index contributed by atoms with van der Waals surface area (Å²) < 4.78 is 0. The molecule has 0 spiro atoms. The molecule has 0 aromatic carbocycles. The molecule has 0 aliphatic heterocycles. The molecule has 72 valence electrons. The van der Waals surface area contributed by atoms with Gasteiger partial charge in [0.2, 0.25) is 0 Å². The SMILES string of the molecule is CC1CCC(CCN(C)C)CC1. The number of nitrogens with zero attached hydrogens (tertiary/aromatic N) is 1. The topological polar surface area (TPSA) is 3.24 Å². The van der Waals surface area contributed by atoms with Crippen LogP contribution in [0, 0.1) is 11.8 Å². The van der Waals surface area contributed by atoms with Gasteiger partial charge in [0.1, 0.15) is 0 Å². The summed E-state index contributed by atoms with van der Waals surface area (Å²) >= 11 is 0. The third kappa shape index (κ3) is 3.57. The minimum atomic E-state index is 1.00. The van der Waals surface area contributed by atoms with E-state index in [4.69, 9.17) is 0 Å². The van der Waals surface area contributed by atoms with Crippen molar-refractivity contribution in [1.29, 1.82) is 0 Å². The molecule has 0 unspecified atom stereocenters. The van der Waals surface area contributed by atoms with Crippen molar-refractivity contribution in [3.8, 4) is 0 Å². The largest absolute Gasteiger partial charge is 0.309 e. The molecule has 1 nitrogen and oxygen atoms in total. The molecule has 0 aromatic heterocycles. The van der Waals surface area contributed by atoms with Crippen LogP contribution >= 0.6 is 0 Å². The molecule has 0 radical (unpaired) electrons. The van der Waals surface area contributed by atoms with Gasteiger partial charge in [-0.25, -0.2) is 0 Å². The van der Waals surface area contributed by atoms with E-state index in [1.807, 2.05) is 0 Å². The average Bonchev–Trinajstić information content (AvgIpc) is 2.03. The van der Waals surface area contributed by atoms with Gasteiger partial charge in [-0.05, 0) is 38.9 Å². The molecule has 1 rings (SSSR count). The van der Waals surface area contributed by atoms with Crippen LogP contribution in [-0.2, 0) is 0 Å². The summed E-state index contributed by atoms with van der Waals surface area (Å²) in [4.78, 5) is 2.30. The molecule has 0 amide bonds. The van der Waals surface area contributed by atoms with Gasteiger partial charge in [-0.1, -0.05) is 32.6 Å². The Bertz CT molecular complexity index is 112. The molecule has 1 fully saturated rings. The van der Waals surface area contributed by atoms with Crippen molar-refractivity contribution >= 4 is 0 Å². The predicted octanol–water partition coefficient (Wildman–Crippen LogP) is 2.76. The first-order valence-corrected chi connectivity index (χ1v) is 5.33. The first kappa shape index (κ1) is 10.0. The fourth-order valence-electron chi connectivity index (χ4n) is 2.06. The molecule has 1 aliphatic rings. The third-order valence-electron chi connectivity index (χ3n) is 3.12. The van der Waals surface area contributed by atoms with Crippen LogP contribution in [0.5, 0.6) is 0 Å². The minimum Gasteiger partial charge on any atom is -0.309 e. The fraction of sp³-hybridized carbons (Fsp3) is 1.00. The lowest BCUT2D eigenvalue weighted by atomic mass is 9.81. The molecule has 1 heteroatoms. The summed E-state index contributed by atoms with van der Waals surface area (Å²) in [6, 6.07) is 0. The van der Waals surface area contributed by atoms with Crippen LogP contribution in [-0.4, -0.2) is 25.5 Å². The van der Waals surface area contributed by atoms with E-state index < -0.39 is 0 Å². The lowest BCUT2D eigenvalue weighted by Crippen LogP contribution is -2.19. The Morgan fingerprint density at radius 3 is 2.17 bits per heavy atom. The highest BCUT2D eigenvalue weighted by molar-refractivity contribution is 4.70. The van der Waals surface area contributed by atoms with Crippen LogP contribution in [0.25, 0.3) is 0 Å². The molecular formula is C11H23N. The number of rotatable bonds is 3. The molecule has 0 atom stereocenters. The summed E-state index contributed by atoms with van der Waals surface area (Å²) in [5, 5.41) is 0. The quantitative estimate of drug-likeness (QED) is 0.628. The summed E-state index contributed by atoms with van der Waals surface area (Å²) in [6.07, 6.45) is 7.32. The van der Waals surface area contributed by atoms with E-state index in [0.717, 1.165) is 11.8 Å². The highest BCUT2D eigenvalue weighted by Gasteiger charge is 2.17. The highest BCUT2D eigenvalue weighted by Crippen LogP contribution is 2.30. The second-order valence-electron chi connectivity index (χ2n) is 4.72. The van der Waals surface area contributed by atoms with E-state index >= 15 is 0 Å². The van der Waals surface area contributed by atoms with Crippen LogP contribution in [0.3, 0.4) is 0 Å². The van der Waals surface area contributed by atoms with Crippen molar-refractivity contribution in [3.63, 3.8) is 0 Å². The Balaban J connectivity index is 2.09. The van der Waals surface area contributed by atoms with Crippen molar-refractivity contribution in [1.82, 2.24) is 4.90 Å². The van der Waals surface area contributed by atoms with Crippen molar-refractivity contribution < 1.29 is 0 Å². The Morgan fingerprint density at radius 2 is 1.67 bits per heavy atom. The lowest BCUT2D eigenvalue weighted by Gasteiger charge is -2.26. The smallest absolute Gasteiger partial charge is 0.00222 e. The first-order chi connectivity index (χ1) is 5.68. The normalized spacial score (nSPS) is 31.0. The van der Waals surface area contributed by atoms with Crippen molar-refractivity contribution in [2.45, 2.75) is 39.0 Å². The van der Waals surface area contributed by atoms with Crippen LogP contribution in [0.4, 0.5) is 0 Å². The maximum atomic E-state index is 2.39. The van der Waals surface area contributed by atoms with Gasteiger partial charge in [-0.15, -0.1) is 0 Å². The zero-order chi connectivity index (χ0) is 8.97. The van der Waals surface area contributed by atoms with Gasteiger partial charge in [-0.2, -0.15) is 0 Å². The molecule has 0 aromatic rings. The summed E-state index contributed by atoms with van der Waals surface area (Å²) in [7, 11) is 4.34. The zero-order valence-corrected chi connectivity index (χ0v) is 8.84. The molecule has 0 bridgehead atoms. The Hall–Kier alpha value is -0.0400. The minimum absolute atomic E-state index is 1.00. The fourth-order valence-corrected chi connectivity index (χ4v) is 2.06. The molecular weight excluding hydrogens is 146 g/mol. The van der Waals surface area contributed by atoms with Crippen LogP contribution in [0.1, 0.15) is 39.0 Å². The molecule has 0 heterocycles. The maximum Gasteiger partial charge on any atom is -0.00222 e. The van der Waals surface area contributed by atoms with E-state index in [2.05, 4.69) is 25.9 Å². The van der Waals surface area contributed by atoms with E-state index in [1.165, 1.54) is 38.6 Å². The van der Waals surface area contributed by atoms with Gasteiger partial charge in [0.25, 0.3) is 0 Å². The second kappa shape index (κ2) is 4.86. The predicted molar refractivity (Wildman–Crippen MR) is 54.3 cm³/mol. The number of hydrogen-bond acceptors (Lipinski definition) is 1. The zero-order valence-electron chi connectivity index (χ0n) is 8.84. The van der Waals surface area contributed by atoms with E-state index in [1.54, 1.807) is 0 Å². The van der Waals surface area contributed by atoms with Crippen LogP contribution in [0.2, 0.25) is 0 Å². The first-order valence-electron chi connectivity index (χ1n) is 5.33. The van der Waals surface area contributed by atoms with E-state index in [-0.39, 0.29) is 0 Å². The van der Waals surface area contributed by atoms with Crippen LogP contribution < -0.4 is 0 Å². The second-order valence-corrected chi connectivity index (χ2v) is 4.72. The Morgan fingerprint density at radius 1 is 1.08 bits per heavy atom. The molecule has 1 aliphatic carbocycles. The Kier molecular flexibility index (Phi) is 4.07. The van der Waals surface area contributed by atoms with Crippen molar-refractivity contribution in [3.05, 3.63) is 0 Å². The van der Waals surface area contributed by atoms with Crippen molar-refractivity contribution in [2.24, 2.45) is 11.8 Å². The van der Waals surface area contributed by atoms with Gasteiger partial charge in [-0.3, -0.25) is 0 Å². The summed E-state index contributed by atoms with van der Waals surface area (Å²) in [5.74, 6) is 2.03. The average molecular weight is 169 g/mol. The lowest BCUT2D eigenvalue weighted by molar-refractivity contribution is 0.252. The van der Waals surface area contributed by atoms with E-state index in [9.17, 15) is 0 Å². The van der Waals surface area contributed by atoms with Crippen LogP contribution in [0.15, 0.2) is 0 Å². The summed E-state index contributed by atoms with van der Waals surface area (Å²) in [5.41, 5.74) is 0. The standard InChI is InChI=1S/C11H23N/c1-10-4-6-11(7-5-10)8-9-12(2)3/h10-11H,4-9H2,1-3H3. The Labute approximate surface area is 77.1 Å². The molecule has 12 heavy (non-hydrogen) atoms. The van der Waals surface area contributed by atoms with Gasteiger partial charge in [0, 0.05) is 0 Å². The highest BCUT2D eigenvalue weighted by atomic mass is 15.0. The summed E-state index contributed by atoms with van der Waals surface area (Å²) in [6.45, 7) is 3.67. The maximum absolute atomic E-state index is 2.39. The number of hydrogen-bond donors (Lipinski definition) is 0.